The van der Waals surface area contributed by atoms with Crippen LogP contribution in [0.2, 0.25) is 0 Å². The number of hydrogen-bond acceptors (Lipinski definition) is 5. The number of ether oxygens (including phenoxy) is 1. The summed E-state index contributed by atoms with van der Waals surface area (Å²) in [6.07, 6.45) is 6.61. The minimum atomic E-state index is -4.02. The number of aliphatic carboxylic acids is 1. The number of halogens is 2. The number of sulfonamides is 1. The molecule has 0 aromatic heterocycles. The topological polar surface area (TPSA) is 95.9 Å². The third-order valence-corrected chi connectivity index (χ3v) is 9.81. The Kier molecular flexibility index (Phi) is 8.56. The molecule has 2 atom stereocenters. The molecular weight excluding hydrogens is 490 g/mol. The first-order valence-corrected chi connectivity index (χ1v) is 14.7. The molecule has 1 saturated carbocycles. The number of benzene rings is 1. The fourth-order valence-electron chi connectivity index (χ4n) is 5.73. The maximum Gasteiger partial charge on any atom is 0.322 e. The lowest BCUT2D eigenvalue weighted by atomic mass is 9.92. The molecule has 3 aliphatic rings. The van der Waals surface area contributed by atoms with E-state index >= 15 is 0 Å². The first kappa shape index (κ1) is 27.3. The van der Waals surface area contributed by atoms with Crippen LogP contribution in [0.3, 0.4) is 0 Å². The Morgan fingerprint density at radius 3 is 2.64 bits per heavy atom. The second-order valence-corrected chi connectivity index (χ2v) is 12.4. The lowest BCUT2D eigenvalue weighted by Crippen LogP contribution is -2.40. The summed E-state index contributed by atoms with van der Waals surface area (Å²) in [5, 5.41) is 12.9. The zero-order chi connectivity index (χ0) is 25.9. The van der Waals surface area contributed by atoms with Crippen LogP contribution in [0, 0.1) is 6.92 Å². The Morgan fingerprint density at radius 1 is 1.17 bits per heavy atom. The molecule has 0 spiro atoms. The molecule has 0 bridgehead atoms. The van der Waals surface area contributed by atoms with E-state index < -0.39 is 28.0 Å². The van der Waals surface area contributed by atoms with Crippen LogP contribution in [-0.2, 0) is 21.2 Å². The van der Waals surface area contributed by atoms with Gasteiger partial charge in [-0.25, -0.2) is 17.2 Å². The predicted octanol–water partition coefficient (Wildman–Crippen LogP) is 4.65. The monoisotopic (exact) mass is 528 g/mol. The van der Waals surface area contributed by atoms with Crippen molar-refractivity contribution >= 4 is 16.0 Å². The van der Waals surface area contributed by atoms with Crippen molar-refractivity contribution in [2.45, 2.75) is 113 Å². The van der Waals surface area contributed by atoms with Crippen molar-refractivity contribution in [3.63, 3.8) is 0 Å². The van der Waals surface area contributed by atoms with Crippen molar-refractivity contribution in [3.8, 4) is 5.75 Å². The molecule has 0 radical (unpaired) electrons. The smallest absolute Gasteiger partial charge is 0.322 e. The summed E-state index contributed by atoms with van der Waals surface area (Å²) in [5.41, 5.74) is 1.86. The second kappa shape index (κ2) is 11.3. The number of rotatable bonds is 9. The molecule has 1 aromatic carbocycles. The van der Waals surface area contributed by atoms with Gasteiger partial charge in [0.05, 0.1) is 6.10 Å². The van der Waals surface area contributed by atoms with Crippen molar-refractivity contribution in [2.24, 2.45) is 0 Å². The second-order valence-electron chi connectivity index (χ2n) is 10.5. The molecule has 0 amide bonds. The van der Waals surface area contributed by atoms with E-state index in [1.807, 2.05) is 6.92 Å². The Bertz CT molecular complexity index is 1040. The van der Waals surface area contributed by atoms with Crippen molar-refractivity contribution < 1.29 is 31.8 Å². The molecule has 10 heteroatoms. The lowest BCUT2D eigenvalue weighted by molar-refractivity contribution is -0.140. The molecule has 2 fully saturated rings. The normalized spacial score (nSPS) is 25.2. The Morgan fingerprint density at radius 2 is 1.92 bits per heavy atom. The number of unbranched alkanes of at least 4 members (excludes halogenated alkanes) is 1. The molecule has 7 nitrogen and oxygen atoms in total. The first-order valence-electron chi connectivity index (χ1n) is 13.2. The van der Waals surface area contributed by atoms with E-state index in [9.17, 15) is 27.1 Å². The van der Waals surface area contributed by atoms with E-state index in [0.29, 0.717) is 31.4 Å². The number of nitrogens with one attached hydrogen (secondary N) is 1. The maximum absolute atomic E-state index is 13.6. The van der Waals surface area contributed by atoms with Gasteiger partial charge in [0.2, 0.25) is 15.9 Å². The Labute approximate surface area is 212 Å². The largest absolute Gasteiger partial charge is 0.489 e. The molecule has 2 N–H and O–H groups in total. The van der Waals surface area contributed by atoms with E-state index in [1.165, 1.54) is 0 Å². The van der Waals surface area contributed by atoms with Gasteiger partial charge in [-0.2, -0.15) is 4.31 Å². The van der Waals surface area contributed by atoms with Crippen molar-refractivity contribution in [3.05, 3.63) is 23.3 Å². The zero-order valence-electron chi connectivity index (χ0n) is 21.0. The van der Waals surface area contributed by atoms with Crippen LogP contribution in [0.4, 0.5) is 8.78 Å². The van der Waals surface area contributed by atoms with Crippen molar-refractivity contribution in [1.82, 2.24) is 9.62 Å². The number of hydrogen-bond donors (Lipinski definition) is 2. The average molecular weight is 529 g/mol. The molecule has 2 heterocycles. The third-order valence-electron chi connectivity index (χ3n) is 7.87. The van der Waals surface area contributed by atoms with Crippen LogP contribution in [-0.4, -0.2) is 61.0 Å². The molecule has 202 valence electrons. The van der Waals surface area contributed by atoms with E-state index in [0.717, 1.165) is 60.5 Å². The van der Waals surface area contributed by atoms with Gasteiger partial charge in [0, 0.05) is 25.4 Å². The fourth-order valence-corrected chi connectivity index (χ4v) is 7.53. The van der Waals surface area contributed by atoms with E-state index in [4.69, 9.17) is 4.74 Å². The lowest BCUT2D eigenvalue weighted by Gasteiger charge is -2.29. The van der Waals surface area contributed by atoms with Crippen molar-refractivity contribution in [1.29, 1.82) is 0 Å². The van der Waals surface area contributed by atoms with E-state index in [2.05, 4.69) is 5.32 Å². The van der Waals surface area contributed by atoms with Crippen LogP contribution in [0.1, 0.15) is 81.8 Å². The number of carbonyl (C=O) groups is 1. The van der Waals surface area contributed by atoms with Gasteiger partial charge < -0.3 is 15.2 Å². The molecule has 36 heavy (non-hydrogen) atoms. The SMILES string of the molecule is Cc1ccc(S(=O)(=O)N2CCC[C@H]2C(=O)O)c2c1CCCC(CCCCNC1CCC(F)(F)CC1)O2. The molecule has 1 saturated heterocycles. The predicted molar refractivity (Wildman–Crippen MR) is 132 cm³/mol. The van der Waals surface area contributed by atoms with Crippen molar-refractivity contribution in [2.75, 3.05) is 13.1 Å². The molecule has 1 aliphatic carbocycles. The number of alkyl halides is 2. The Hall–Kier alpha value is -1.78. The maximum atomic E-state index is 13.6. The van der Waals surface area contributed by atoms with Gasteiger partial charge in [0.25, 0.3) is 0 Å². The number of fused-ring (bicyclic) bond motifs is 1. The van der Waals surface area contributed by atoms with Gasteiger partial charge in [-0.15, -0.1) is 0 Å². The minimum absolute atomic E-state index is 0.0463. The van der Waals surface area contributed by atoms with Crippen LogP contribution in [0.5, 0.6) is 5.75 Å². The van der Waals surface area contributed by atoms with Gasteiger partial charge in [-0.1, -0.05) is 6.07 Å². The highest BCUT2D eigenvalue weighted by Gasteiger charge is 2.41. The quantitative estimate of drug-likeness (QED) is 0.453. The minimum Gasteiger partial charge on any atom is -0.489 e. The standard InChI is InChI=1S/C26H38F2N2O5S/c1-18-10-11-23(36(33,34)30-17-5-9-22(30)25(31)32)24-21(18)8-4-7-20(35-24)6-2-3-16-29-19-12-14-26(27,28)15-13-19/h10-11,19-20,22,29H,2-9,12-17H2,1H3,(H,31,32)/t20?,22-/m0/s1. The van der Waals surface area contributed by atoms with Crippen LogP contribution < -0.4 is 10.1 Å². The Balaban J connectivity index is 1.39. The highest BCUT2D eigenvalue weighted by Crippen LogP contribution is 2.39. The third kappa shape index (κ3) is 6.19. The molecular formula is C26H38F2N2O5S. The van der Waals surface area contributed by atoms with Gasteiger partial charge in [0.15, 0.2) is 0 Å². The molecule has 2 aliphatic heterocycles. The summed E-state index contributed by atoms with van der Waals surface area (Å²) >= 11 is 0. The molecule has 4 rings (SSSR count). The summed E-state index contributed by atoms with van der Waals surface area (Å²) in [4.78, 5) is 11.7. The molecule has 1 aromatic rings. The summed E-state index contributed by atoms with van der Waals surface area (Å²) in [7, 11) is -4.02. The summed E-state index contributed by atoms with van der Waals surface area (Å²) in [6.45, 7) is 2.91. The van der Waals surface area contributed by atoms with Crippen LogP contribution in [0.25, 0.3) is 0 Å². The summed E-state index contributed by atoms with van der Waals surface area (Å²) in [5.74, 6) is -3.25. The van der Waals surface area contributed by atoms with Gasteiger partial charge in [0.1, 0.15) is 16.7 Å². The van der Waals surface area contributed by atoms with Crippen LogP contribution in [0.15, 0.2) is 17.0 Å². The average Bonchev–Trinajstić information content (AvgIpc) is 3.23. The summed E-state index contributed by atoms with van der Waals surface area (Å²) < 4.78 is 61.3. The number of nitrogens with zero attached hydrogens (tertiary/aromatic N) is 1. The van der Waals surface area contributed by atoms with Gasteiger partial charge in [-0.05, 0) is 94.9 Å². The van der Waals surface area contributed by atoms with E-state index in [-0.39, 0.29) is 36.4 Å². The zero-order valence-corrected chi connectivity index (χ0v) is 21.8. The van der Waals surface area contributed by atoms with Gasteiger partial charge >= 0.3 is 5.97 Å². The number of carboxylic acids is 1. The molecule has 1 unspecified atom stereocenters. The van der Waals surface area contributed by atoms with Gasteiger partial charge in [-0.3, -0.25) is 4.79 Å². The highest BCUT2D eigenvalue weighted by molar-refractivity contribution is 7.89. The van der Waals surface area contributed by atoms with Crippen LogP contribution >= 0.6 is 0 Å². The number of aryl methyl sites for hydroxylation is 1. The highest BCUT2D eigenvalue weighted by atomic mass is 32.2. The first-order chi connectivity index (χ1) is 17.1. The summed E-state index contributed by atoms with van der Waals surface area (Å²) in [6, 6.07) is 2.45. The number of carboxylic acid groups (broad SMARTS) is 1. The van der Waals surface area contributed by atoms with E-state index in [1.54, 1.807) is 12.1 Å². The fraction of sp³-hybridized carbons (Fsp3) is 0.731.